The Labute approximate surface area is 254 Å². The number of benzene rings is 3. The van der Waals surface area contributed by atoms with Gasteiger partial charge in [-0.2, -0.15) is 0 Å². The molecule has 0 unspecified atom stereocenters. The van der Waals surface area contributed by atoms with E-state index in [1.807, 2.05) is 24.3 Å². The number of hydrogen-bond donors (Lipinski definition) is 2. The number of rotatable bonds is 16. The Balaban J connectivity index is 1.62. The molecule has 0 fully saturated rings. The van der Waals surface area contributed by atoms with Gasteiger partial charge >= 0.3 is 24.1 Å². The van der Waals surface area contributed by atoms with Gasteiger partial charge in [0, 0.05) is 35.0 Å². The SMILES string of the molecule is C=C(C)C(=O)OCCOCCNC(=O)Oc1c(OC(=O)NCCOCCOC(=O)C(=C)C)c2ccccc2c2ccccc12. The number of ether oxygens (including phenoxy) is 6. The first-order valence-electron chi connectivity index (χ1n) is 13.8. The zero-order chi connectivity index (χ0) is 31.9. The lowest BCUT2D eigenvalue weighted by Gasteiger charge is -2.17. The third-order valence-corrected chi connectivity index (χ3v) is 5.88. The molecule has 3 rings (SSSR count). The van der Waals surface area contributed by atoms with Gasteiger partial charge in [0.25, 0.3) is 0 Å². The maximum Gasteiger partial charge on any atom is 0.412 e. The summed E-state index contributed by atoms with van der Waals surface area (Å²) >= 11 is 0. The van der Waals surface area contributed by atoms with Gasteiger partial charge in [0.05, 0.1) is 26.4 Å². The second kappa shape index (κ2) is 17.2. The van der Waals surface area contributed by atoms with Crippen LogP contribution in [0.3, 0.4) is 0 Å². The molecule has 0 radical (unpaired) electrons. The molecule has 2 amide bonds. The van der Waals surface area contributed by atoms with E-state index in [1.165, 1.54) is 0 Å². The normalized spacial score (nSPS) is 10.6. The highest BCUT2D eigenvalue weighted by atomic mass is 16.6. The van der Waals surface area contributed by atoms with E-state index >= 15 is 0 Å². The van der Waals surface area contributed by atoms with Crippen molar-refractivity contribution in [3.63, 3.8) is 0 Å². The zero-order valence-corrected chi connectivity index (χ0v) is 24.8. The van der Waals surface area contributed by atoms with Gasteiger partial charge in [0.2, 0.25) is 0 Å². The molecule has 2 N–H and O–H groups in total. The van der Waals surface area contributed by atoms with Crippen molar-refractivity contribution in [2.75, 3.05) is 52.7 Å². The summed E-state index contributed by atoms with van der Waals surface area (Å²) in [6.07, 6.45) is -1.57. The molecule has 12 nitrogen and oxygen atoms in total. The molecule has 0 aromatic heterocycles. The van der Waals surface area contributed by atoms with Gasteiger partial charge in [-0.3, -0.25) is 0 Å². The smallest absolute Gasteiger partial charge is 0.412 e. The Morgan fingerprint density at radius 1 is 0.568 bits per heavy atom. The molecule has 0 aliphatic rings. The predicted octanol–water partition coefficient (Wildman–Crippen LogP) is 4.44. The molecule has 0 saturated heterocycles. The molecule has 44 heavy (non-hydrogen) atoms. The van der Waals surface area contributed by atoms with Crippen LogP contribution in [0, 0.1) is 0 Å². The monoisotopic (exact) mass is 608 g/mol. The minimum absolute atomic E-state index is 0.0545. The summed E-state index contributed by atoms with van der Waals surface area (Å²) in [5.74, 6) is -0.876. The zero-order valence-electron chi connectivity index (χ0n) is 24.8. The van der Waals surface area contributed by atoms with Gasteiger partial charge in [-0.25, -0.2) is 19.2 Å². The van der Waals surface area contributed by atoms with Crippen LogP contribution in [0.15, 0.2) is 72.8 Å². The molecule has 0 spiro atoms. The van der Waals surface area contributed by atoms with Crippen LogP contribution in [0.4, 0.5) is 9.59 Å². The van der Waals surface area contributed by atoms with Gasteiger partial charge in [-0.15, -0.1) is 0 Å². The van der Waals surface area contributed by atoms with Gasteiger partial charge in [-0.05, 0) is 24.6 Å². The average Bonchev–Trinajstić information content (AvgIpc) is 3.01. The highest BCUT2D eigenvalue weighted by molar-refractivity contribution is 6.14. The van der Waals surface area contributed by atoms with E-state index in [-0.39, 0.29) is 64.2 Å². The fourth-order valence-corrected chi connectivity index (χ4v) is 3.82. The van der Waals surface area contributed by atoms with Crippen molar-refractivity contribution in [2.45, 2.75) is 13.8 Å². The largest absolute Gasteiger partial charge is 0.460 e. The summed E-state index contributed by atoms with van der Waals surface area (Å²) < 4.78 is 32.0. The third kappa shape index (κ3) is 10.1. The lowest BCUT2D eigenvalue weighted by Crippen LogP contribution is -2.32. The van der Waals surface area contributed by atoms with Gasteiger partial charge in [0.1, 0.15) is 13.2 Å². The van der Waals surface area contributed by atoms with E-state index in [0.717, 1.165) is 10.8 Å². The van der Waals surface area contributed by atoms with Crippen LogP contribution in [-0.2, 0) is 28.5 Å². The minimum Gasteiger partial charge on any atom is -0.460 e. The lowest BCUT2D eigenvalue weighted by molar-refractivity contribution is -0.141. The minimum atomic E-state index is -0.784. The fraction of sp³-hybridized carbons (Fsp3) is 0.312. The first-order chi connectivity index (χ1) is 21.2. The Morgan fingerprint density at radius 2 is 0.932 bits per heavy atom. The van der Waals surface area contributed by atoms with E-state index in [9.17, 15) is 19.2 Å². The summed E-state index contributed by atoms with van der Waals surface area (Å²) in [7, 11) is 0. The number of nitrogens with one attached hydrogen (secondary N) is 2. The number of carbonyl (C=O) groups is 4. The van der Waals surface area contributed by atoms with Crippen molar-refractivity contribution in [3.8, 4) is 11.5 Å². The van der Waals surface area contributed by atoms with Crippen LogP contribution in [0.5, 0.6) is 11.5 Å². The second-order valence-electron chi connectivity index (χ2n) is 9.44. The molecule has 0 saturated carbocycles. The molecule has 3 aromatic rings. The molecule has 12 heteroatoms. The van der Waals surface area contributed by atoms with Crippen LogP contribution < -0.4 is 20.1 Å². The van der Waals surface area contributed by atoms with E-state index in [2.05, 4.69) is 23.8 Å². The van der Waals surface area contributed by atoms with Gasteiger partial charge in [-0.1, -0.05) is 61.7 Å². The maximum atomic E-state index is 12.8. The van der Waals surface area contributed by atoms with E-state index in [4.69, 9.17) is 28.4 Å². The van der Waals surface area contributed by atoms with Crippen LogP contribution >= 0.6 is 0 Å². The Morgan fingerprint density at radius 3 is 1.30 bits per heavy atom. The number of esters is 2. The lowest BCUT2D eigenvalue weighted by atomic mass is 10.00. The predicted molar refractivity (Wildman–Crippen MR) is 163 cm³/mol. The van der Waals surface area contributed by atoms with Crippen molar-refractivity contribution in [1.29, 1.82) is 0 Å². The molecule has 3 aromatic carbocycles. The fourth-order valence-electron chi connectivity index (χ4n) is 3.82. The number of carbonyl (C=O) groups excluding carboxylic acids is 4. The highest BCUT2D eigenvalue weighted by Gasteiger charge is 2.21. The summed E-state index contributed by atoms with van der Waals surface area (Å²) in [4.78, 5) is 48.4. The molecule has 0 aliphatic heterocycles. The average molecular weight is 609 g/mol. The van der Waals surface area contributed by atoms with Gasteiger partial charge in [0.15, 0.2) is 11.5 Å². The van der Waals surface area contributed by atoms with Crippen molar-refractivity contribution in [2.24, 2.45) is 0 Å². The molecular formula is C32H36N2O10. The number of fused-ring (bicyclic) bond motifs is 3. The quantitative estimate of drug-likeness (QED) is 0.103. The number of hydrogen-bond acceptors (Lipinski definition) is 10. The van der Waals surface area contributed by atoms with Crippen molar-refractivity contribution < 1.29 is 47.6 Å². The van der Waals surface area contributed by atoms with Crippen LogP contribution in [0.1, 0.15) is 13.8 Å². The van der Waals surface area contributed by atoms with Gasteiger partial charge < -0.3 is 39.1 Å². The molecular weight excluding hydrogens is 572 g/mol. The summed E-state index contributed by atoms with van der Waals surface area (Å²) in [6, 6.07) is 14.6. The molecule has 0 atom stereocenters. The van der Waals surface area contributed by atoms with Crippen molar-refractivity contribution in [3.05, 3.63) is 72.8 Å². The molecule has 234 valence electrons. The van der Waals surface area contributed by atoms with Crippen LogP contribution in [0.25, 0.3) is 21.5 Å². The van der Waals surface area contributed by atoms with E-state index < -0.39 is 24.1 Å². The van der Waals surface area contributed by atoms with Crippen molar-refractivity contribution in [1.82, 2.24) is 10.6 Å². The standard InChI is InChI=1S/C32H36N2O10/c1-21(2)29(35)41-19-17-39-15-13-33-31(37)43-27-25-11-7-5-9-23(25)24-10-6-8-12-26(24)28(27)44-32(38)34-14-16-40-18-20-42-30(36)22(3)4/h5-12H,1,3,13-20H2,2,4H3,(H,33,37)(H,34,38). The highest BCUT2D eigenvalue weighted by Crippen LogP contribution is 2.43. The Kier molecular flexibility index (Phi) is 13.2. The van der Waals surface area contributed by atoms with E-state index in [0.29, 0.717) is 21.9 Å². The summed E-state index contributed by atoms with van der Waals surface area (Å²) in [5.41, 5.74) is 0.586. The Bertz CT molecular complexity index is 1400. The summed E-state index contributed by atoms with van der Waals surface area (Å²) in [5, 5.41) is 7.92. The molecule has 0 aliphatic carbocycles. The van der Waals surface area contributed by atoms with E-state index in [1.54, 1.807) is 38.1 Å². The van der Waals surface area contributed by atoms with Crippen LogP contribution in [-0.4, -0.2) is 76.9 Å². The topological polar surface area (TPSA) is 148 Å². The number of amides is 2. The third-order valence-electron chi connectivity index (χ3n) is 5.88. The maximum absolute atomic E-state index is 12.8. The van der Waals surface area contributed by atoms with Crippen molar-refractivity contribution >= 4 is 45.7 Å². The second-order valence-corrected chi connectivity index (χ2v) is 9.44. The first-order valence-corrected chi connectivity index (χ1v) is 13.8. The Hall–Kier alpha value is -4.94. The molecule has 0 bridgehead atoms. The van der Waals surface area contributed by atoms with Crippen LogP contribution in [0.2, 0.25) is 0 Å². The summed E-state index contributed by atoms with van der Waals surface area (Å²) in [6.45, 7) is 11.0. The molecule has 0 heterocycles. The first kappa shape index (κ1) is 33.6.